The van der Waals surface area contributed by atoms with Crippen molar-refractivity contribution in [3.8, 4) is 28.8 Å². The number of rotatable bonds is 8. The van der Waals surface area contributed by atoms with Gasteiger partial charge in [0.25, 0.3) is 0 Å². The van der Waals surface area contributed by atoms with Crippen molar-refractivity contribution >= 4 is 39.1 Å². The van der Waals surface area contributed by atoms with Crippen LogP contribution in [0, 0.1) is 11.3 Å². The first-order valence-electron chi connectivity index (χ1n) is 12.1. The first-order valence-corrected chi connectivity index (χ1v) is 14.3. The molecule has 6 nitrogen and oxygen atoms in total. The van der Waals surface area contributed by atoms with Gasteiger partial charge in [0.15, 0.2) is 0 Å². The van der Waals surface area contributed by atoms with Gasteiger partial charge in [-0.25, -0.2) is 13.1 Å². The second-order valence-electron chi connectivity index (χ2n) is 8.70. The number of hydrogen-bond donors (Lipinski definition) is 0. The Hall–Kier alpha value is -4.35. The van der Waals surface area contributed by atoms with E-state index in [1.165, 1.54) is 30.3 Å². The molecule has 0 aliphatic heterocycles. The molecular weight excluding hydrogens is 565 g/mol. The quantitative estimate of drug-likeness (QED) is 0.174. The number of para-hydroxylation sites is 1. The SMILES string of the molecule is N#C/C(=C/c1cn(-c2ccccc2)nc1-c1ccc(OCc2ccccc2Cl)cc1)S(=O)(=O)c1ccc(Cl)cc1. The van der Waals surface area contributed by atoms with Crippen LogP contribution in [0.3, 0.4) is 0 Å². The van der Waals surface area contributed by atoms with Crippen LogP contribution in [-0.4, -0.2) is 18.2 Å². The average Bonchev–Trinajstić information content (AvgIpc) is 3.40. The van der Waals surface area contributed by atoms with Gasteiger partial charge in [0.1, 0.15) is 29.0 Å². The van der Waals surface area contributed by atoms with Gasteiger partial charge in [0, 0.05) is 32.9 Å². The number of aromatic nitrogens is 2. The van der Waals surface area contributed by atoms with Crippen molar-refractivity contribution in [1.82, 2.24) is 9.78 Å². The molecule has 5 rings (SSSR count). The summed E-state index contributed by atoms with van der Waals surface area (Å²) >= 11 is 12.2. The molecule has 0 spiro atoms. The molecular formula is C31H21Cl2N3O3S. The number of nitriles is 1. The Labute approximate surface area is 242 Å². The van der Waals surface area contributed by atoms with Gasteiger partial charge >= 0.3 is 0 Å². The van der Waals surface area contributed by atoms with Crippen LogP contribution in [-0.2, 0) is 16.4 Å². The third kappa shape index (κ3) is 5.95. The number of sulfone groups is 1. The van der Waals surface area contributed by atoms with Crippen molar-refractivity contribution in [2.75, 3.05) is 0 Å². The summed E-state index contributed by atoms with van der Waals surface area (Å²) in [5, 5.41) is 15.6. The van der Waals surface area contributed by atoms with Gasteiger partial charge in [0.2, 0.25) is 9.84 Å². The Kier molecular flexibility index (Phi) is 8.04. The molecule has 0 aliphatic rings. The van der Waals surface area contributed by atoms with Crippen molar-refractivity contribution in [1.29, 1.82) is 5.26 Å². The predicted molar refractivity (Wildman–Crippen MR) is 157 cm³/mol. The first kappa shape index (κ1) is 27.2. The molecule has 1 heterocycles. The molecule has 0 unspecified atom stereocenters. The zero-order chi connectivity index (χ0) is 28.1. The normalized spacial score (nSPS) is 11.7. The molecule has 0 amide bonds. The third-order valence-electron chi connectivity index (χ3n) is 6.05. The van der Waals surface area contributed by atoms with Crippen LogP contribution in [0.1, 0.15) is 11.1 Å². The summed E-state index contributed by atoms with van der Waals surface area (Å²) in [6, 6.07) is 31.7. The zero-order valence-electron chi connectivity index (χ0n) is 20.9. The molecule has 198 valence electrons. The molecule has 0 aliphatic carbocycles. The average molecular weight is 587 g/mol. The second kappa shape index (κ2) is 11.8. The Morgan fingerprint density at radius 3 is 2.25 bits per heavy atom. The molecule has 9 heteroatoms. The van der Waals surface area contributed by atoms with E-state index in [4.69, 9.17) is 33.0 Å². The third-order valence-corrected chi connectivity index (χ3v) is 8.36. The molecule has 0 N–H and O–H groups in total. The maximum absolute atomic E-state index is 13.3. The van der Waals surface area contributed by atoms with E-state index in [0.717, 1.165) is 11.3 Å². The van der Waals surface area contributed by atoms with Gasteiger partial charge in [-0.05, 0) is 72.8 Å². The summed E-state index contributed by atoms with van der Waals surface area (Å²) in [5.74, 6) is 0.631. The van der Waals surface area contributed by atoms with E-state index in [0.29, 0.717) is 39.2 Å². The summed E-state index contributed by atoms with van der Waals surface area (Å²) in [6.45, 7) is 0.309. The summed E-state index contributed by atoms with van der Waals surface area (Å²) in [5.41, 5.74) is 3.32. The smallest absolute Gasteiger partial charge is 0.216 e. The molecule has 0 bridgehead atoms. The number of nitrogens with zero attached hydrogens (tertiary/aromatic N) is 3. The monoisotopic (exact) mass is 585 g/mol. The van der Waals surface area contributed by atoms with E-state index in [2.05, 4.69) is 0 Å². The molecule has 0 saturated carbocycles. The fourth-order valence-corrected chi connectivity index (χ4v) is 5.43. The van der Waals surface area contributed by atoms with Crippen molar-refractivity contribution < 1.29 is 13.2 Å². The lowest BCUT2D eigenvalue weighted by Crippen LogP contribution is -2.03. The molecule has 5 aromatic rings. The number of allylic oxidation sites excluding steroid dienone is 1. The second-order valence-corrected chi connectivity index (χ2v) is 11.5. The fourth-order valence-electron chi connectivity index (χ4n) is 3.97. The van der Waals surface area contributed by atoms with E-state index in [-0.39, 0.29) is 4.90 Å². The maximum atomic E-state index is 13.3. The van der Waals surface area contributed by atoms with Gasteiger partial charge in [-0.2, -0.15) is 10.4 Å². The minimum Gasteiger partial charge on any atom is -0.489 e. The molecule has 40 heavy (non-hydrogen) atoms. The van der Waals surface area contributed by atoms with E-state index in [1.807, 2.05) is 72.8 Å². The van der Waals surface area contributed by atoms with Crippen LogP contribution in [0.4, 0.5) is 0 Å². The summed E-state index contributed by atoms with van der Waals surface area (Å²) in [7, 11) is -4.09. The number of benzene rings is 4. The van der Waals surface area contributed by atoms with Crippen molar-refractivity contribution in [3.05, 3.63) is 135 Å². The Bertz CT molecular complexity index is 1830. The lowest BCUT2D eigenvalue weighted by atomic mass is 10.1. The van der Waals surface area contributed by atoms with Crippen LogP contribution in [0.25, 0.3) is 23.0 Å². The number of ether oxygens (including phenoxy) is 1. The predicted octanol–water partition coefficient (Wildman–Crippen LogP) is 7.76. The standard InChI is InChI=1S/C31H21Cl2N3O3S/c32-25-12-16-28(17-13-25)40(37,38)29(19-34)18-24-20-36(26-7-2-1-3-8-26)35-31(24)22-10-14-27(15-11-22)39-21-23-6-4-5-9-30(23)33/h1-18,20H,21H2/b29-18-. The van der Waals surface area contributed by atoms with Gasteiger partial charge in [-0.15, -0.1) is 0 Å². The van der Waals surface area contributed by atoms with E-state index >= 15 is 0 Å². The highest BCUT2D eigenvalue weighted by Gasteiger charge is 2.22. The van der Waals surface area contributed by atoms with E-state index in [9.17, 15) is 13.7 Å². The summed E-state index contributed by atoms with van der Waals surface area (Å²) in [4.78, 5) is -0.440. The molecule has 0 radical (unpaired) electrons. The van der Waals surface area contributed by atoms with Crippen molar-refractivity contribution in [3.63, 3.8) is 0 Å². The number of hydrogen-bond acceptors (Lipinski definition) is 5. The van der Waals surface area contributed by atoms with Gasteiger partial charge < -0.3 is 4.74 Å². The minimum atomic E-state index is -4.09. The molecule has 0 atom stereocenters. The molecule has 0 saturated heterocycles. The Morgan fingerprint density at radius 2 is 1.57 bits per heavy atom. The van der Waals surface area contributed by atoms with Crippen LogP contribution in [0.15, 0.2) is 119 Å². The van der Waals surface area contributed by atoms with Crippen molar-refractivity contribution in [2.45, 2.75) is 11.5 Å². The summed E-state index contributed by atoms with van der Waals surface area (Å²) in [6.07, 6.45) is 3.04. The summed E-state index contributed by atoms with van der Waals surface area (Å²) < 4.78 is 34.1. The van der Waals surface area contributed by atoms with Crippen molar-refractivity contribution in [2.24, 2.45) is 0 Å². The van der Waals surface area contributed by atoms with Crippen LogP contribution < -0.4 is 4.74 Å². The highest BCUT2D eigenvalue weighted by atomic mass is 35.5. The Morgan fingerprint density at radius 1 is 0.900 bits per heavy atom. The topological polar surface area (TPSA) is 85.0 Å². The molecule has 4 aromatic carbocycles. The lowest BCUT2D eigenvalue weighted by Gasteiger charge is -2.08. The minimum absolute atomic E-state index is 0.0262. The van der Waals surface area contributed by atoms with E-state index in [1.54, 1.807) is 23.0 Å². The molecule has 0 fully saturated rings. The van der Waals surface area contributed by atoms with Gasteiger partial charge in [0.05, 0.1) is 10.6 Å². The zero-order valence-corrected chi connectivity index (χ0v) is 23.2. The van der Waals surface area contributed by atoms with Crippen LogP contribution in [0.5, 0.6) is 5.75 Å². The lowest BCUT2D eigenvalue weighted by molar-refractivity contribution is 0.306. The Balaban J connectivity index is 1.52. The maximum Gasteiger partial charge on any atom is 0.216 e. The van der Waals surface area contributed by atoms with Crippen LogP contribution >= 0.6 is 23.2 Å². The molecule has 1 aromatic heterocycles. The highest BCUT2D eigenvalue weighted by molar-refractivity contribution is 7.95. The highest BCUT2D eigenvalue weighted by Crippen LogP contribution is 2.30. The first-order chi connectivity index (χ1) is 19.3. The van der Waals surface area contributed by atoms with Crippen LogP contribution in [0.2, 0.25) is 10.0 Å². The fraction of sp³-hybridized carbons (Fsp3) is 0.0323. The van der Waals surface area contributed by atoms with E-state index < -0.39 is 14.7 Å². The number of halogens is 2. The largest absolute Gasteiger partial charge is 0.489 e. The van der Waals surface area contributed by atoms with Gasteiger partial charge in [-0.3, -0.25) is 0 Å². The van der Waals surface area contributed by atoms with Gasteiger partial charge in [-0.1, -0.05) is 59.6 Å².